The van der Waals surface area contributed by atoms with Crippen LogP contribution in [0, 0.1) is 17.6 Å². The van der Waals surface area contributed by atoms with Crippen molar-refractivity contribution in [2.45, 2.75) is 13.0 Å². The summed E-state index contributed by atoms with van der Waals surface area (Å²) in [6, 6.07) is 9.13. The number of ether oxygens (including phenoxy) is 2. The summed E-state index contributed by atoms with van der Waals surface area (Å²) in [6.45, 7) is 1.62. The number of hydroxylamine groups is 1. The zero-order valence-corrected chi connectivity index (χ0v) is 16.5. The summed E-state index contributed by atoms with van der Waals surface area (Å²) in [4.78, 5) is 23.6. The summed E-state index contributed by atoms with van der Waals surface area (Å²) in [7, 11) is 0. The van der Waals surface area contributed by atoms with Crippen LogP contribution >= 0.6 is 0 Å². The Labute approximate surface area is 177 Å². The van der Waals surface area contributed by atoms with Gasteiger partial charge in [-0.1, -0.05) is 25.1 Å². The maximum atomic E-state index is 13.8. The fourth-order valence-electron chi connectivity index (χ4n) is 2.62. The molecule has 4 N–H and O–H groups in total. The van der Waals surface area contributed by atoms with Crippen LogP contribution in [0.15, 0.2) is 54.6 Å². The van der Waals surface area contributed by atoms with Crippen molar-refractivity contribution in [3.63, 3.8) is 0 Å². The summed E-state index contributed by atoms with van der Waals surface area (Å²) < 4.78 is 37.6. The molecule has 0 aliphatic heterocycles. The number of halogens is 2. The number of hydrogen-bond acceptors (Lipinski definition) is 6. The third-order valence-corrected chi connectivity index (χ3v) is 4.11. The van der Waals surface area contributed by atoms with Gasteiger partial charge in [0.2, 0.25) is 0 Å². The normalized spacial score (nSPS) is 12.8. The summed E-state index contributed by atoms with van der Waals surface area (Å²) in [6.07, 6.45) is 0.580. The Kier molecular flexibility index (Phi) is 8.92. The van der Waals surface area contributed by atoms with Gasteiger partial charge < -0.3 is 14.6 Å². The van der Waals surface area contributed by atoms with E-state index >= 15 is 0 Å². The van der Waals surface area contributed by atoms with Crippen molar-refractivity contribution in [2.24, 2.45) is 5.92 Å². The lowest BCUT2D eigenvalue weighted by molar-refractivity contribution is -0.124. The zero-order chi connectivity index (χ0) is 22.8. The molecule has 2 atom stereocenters. The zero-order valence-electron chi connectivity index (χ0n) is 16.5. The molecule has 0 bridgehead atoms. The molecule has 0 saturated heterocycles. The fourth-order valence-corrected chi connectivity index (χ4v) is 2.62. The number of aliphatic hydroxyl groups excluding tert-OH is 1. The van der Waals surface area contributed by atoms with E-state index in [1.165, 1.54) is 11.6 Å². The lowest BCUT2D eigenvalue weighted by Crippen LogP contribution is -2.22. The number of carbonyl (C=O) groups is 2. The van der Waals surface area contributed by atoms with Gasteiger partial charge >= 0.3 is 6.09 Å². The first kappa shape index (κ1) is 23.8. The topological polar surface area (TPSA) is 117 Å². The van der Waals surface area contributed by atoms with Gasteiger partial charge in [0.25, 0.3) is 5.91 Å². The standard InChI is InChI=1S/C21H22F2N2O6/c1-13(2-9-19(27)25-29)20(14-3-6-16(7-4-14)30-11-10-26)31-21(28)24-18-8-5-15(22)12-17(18)23/h2-9,12-13,20,26,29H,10-11H2,1H3,(H,24,28)(H,25,27)/b9-2+/t13-,20+/m0/s1. The van der Waals surface area contributed by atoms with E-state index in [-0.39, 0.29) is 18.9 Å². The van der Waals surface area contributed by atoms with E-state index in [1.54, 1.807) is 31.2 Å². The predicted molar refractivity (Wildman–Crippen MR) is 106 cm³/mol. The van der Waals surface area contributed by atoms with Gasteiger partial charge in [0.05, 0.1) is 12.3 Å². The molecule has 2 aromatic rings. The van der Waals surface area contributed by atoms with Crippen LogP contribution in [-0.2, 0) is 9.53 Å². The Morgan fingerprint density at radius 2 is 1.87 bits per heavy atom. The van der Waals surface area contributed by atoms with Gasteiger partial charge in [-0.3, -0.25) is 15.3 Å². The highest BCUT2D eigenvalue weighted by Gasteiger charge is 2.23. The van der Waals surface area contributed by atoms with E-state index < -0.39 is 35.7 Å². The first-order valence-corrected chi connectivity index (χ1v) is 9.22. The van der Waals surface area contributed by atoms with Crippen LogP contribution in [0.1, 0.15) is 18.6 Å². The smallest absolute Gasteiger partial charge is 0.412 e. The Morgan fingerprint density at radius 1 is 1.16 bits per heavy atom. The second-order valence-corrected chi connectivity index (χ2v) is 6.41. The molecule has 0 unspecified atom stereocenters. The van der Waals surface area contributed by atoms with Crippen molar-refractivity contribution in [1.82, 2.24) is 5.48 Å². The Bertz CT molecular complexity index is 921. The maximum absolute atomic E-state index is 13.8. The molecule has 2 amide bonds. The van der Waals surface area contributed by atoms with E-state index in [0.717, 1.165) is 18.2 Å². The van der Waals surface area contributed by atoms with Gasteiger partial charge in [0, 0.05) is 18.1 Å². The molecular weight excluding hydrogens is 414 g/mol. The van der Waals surface area contributed by atoms with Crippen LogP contribution < -0.4 is 15.5 Å². The van der Waals surface area contributed by atoms with Gasteiger partial charge in [-0.05, 0) is 29.8 Å². The molecule has 2 aromatic carbocycles. The van der Waals surface area contributed by atoms with E-state index in [0.29, 0.717) is 17.4 Å². The molecule has 0 aromatic heterocycles. The van der Waals surface area contributed by atoms with Crippen LogP contribution in [0.4, 0.5) is 19.3 Å². The van der Waals surface area contributed by atoms with Crippen molar-refractivity contribution in [2.75, 3.05) is 18.5 Å². The van der Waals surface area contributed by atoms with Crippen LogP contribution in [0.5, 0.6) is 5.75 Å². The van der Waals surface area contributed by atoms with E-state index in [1.807, 2.05) is 0 Å². The van der Waals surface area contributed by atoms with Crippen molar-refractivity contribution < 1.29 is 38.2 Å². The molecule has 0 spiro atoms. The molecule has 8 nitrogen and oxygen atoms in total. The van der Waals surface area contributed by atoms with Gasteiger partial charge in [-0.2, -0.15) is 0 Å². The molecule has 10 heteroatoms. The monoisotopic (exact) mass is 436 g/mol. The minimum Gasteiger partial charge on any atom is -0.491 e. The molecule has 0 radical (unpaired) electrons. The van der Waals surface area contributed by atoms with Crippen LogP contribution in [0.2, 0.25) is 0 Å². The average molecular weight is 436 g/mol. The first-order valence-electron chi connectivity index (χ1n) is 9.22. The first-order chi connectivity index (χ1) is 14.8. The van der Waals surface area contributed by atoms with Crippen LogP contribution in [-0.4, -0.2) is 35.5 Å². The van der Waals surface area contributed by atoms with E-state index in [9.17, 15) is 18.4 Å². The summed E-state index contributed by atoms with van der Waals surface area (Å²) in [5.74, 6) is -2.58. The fraction of sp³-hybridized carbons (Fsp3) is 0.238. The largest absolute Gasteiger partial charge is 0.491 e. The highest BCUT2D eigenvalue weighted by molar-refractivity contribution is 5.86. The van der Waals surface area contributed by atoms with Crippen molar-refractivity contribution in [3.8, 4) is 5.75 Å². The Morgan fingerprint density at radius 3 is 2.48 bits per heavy atom. The number of carbonyl (C=O) groups excluding carboxylic acids is 2. The average Bonchev–Trinajstić information content (AvgIpc) is 2.76. The summed E-state index contributed by atoms with van der Waals surface area (Å²) >= 11 is 0. The summed E-state index contributed by atoms with van der Waals surface area (Å²) in [5.41, 5.74) is 1.73. The quantitative estimate of drug-likeness (QED) is 0.272. The third-order valence-electron chi connectivity index (χ3n) is 4.11. The number of amides is 2. The minimum absolute atomic E-state index is 0.111. The Balaban J connectivity index is 2.20. The number of rotatable bonds is 9. The van der Waals surface area contributed by atoms with E-state index in [4.69, 9.17) is 19.8 Å². The second kappa shape index (κ2) is 11.6. The van der Waals surface area contributed by atoms with Gasteiger partial charge in [0.1, 0.15) is 30.1 Å². The number of hydrogen-bond donors (Lipinski definition) is 4. The molecule has 0 saturated carbocycles. The SMILES string of the molecule is C[C@@H](/C=C/C(=O)NO)[C@@H](OC(=O)Nc1ccc(F)cc1F)c1ccc(OCCO)cc1. The van der Waals surface area contributed by atoms with Crippen molar-refractivity contribution >= 4 is 17.7 Å². The van der Waals surface area contributed by atoms with Gasteiger partial charge in [0.15, 0.2) is 0 Å². The number of aliphatic hydroxyl groups is 1. The van der Waals surface area contributed by atoms with Crippen LogP contribution in [0.3, 0.4) is 0 Å². The lowest BCUT2D eigenvalue weighted by Gasteiger charge is -2.23. The van der Waals surface area contributed by atoms with Crippen molar-refractivity contribution in [3.05, 3.63) is 71.8 Å². The lowest BCUT2D eigenvalue weighted by atomic mass is 9.96. The highest BCUT2D eigenvalue weighted by atomic mass is 19.1. The summed E-state index contributed by atoms with van der Waals surface area (Å²) in [5, 5.41) is 19.7. The molecule has 0 heterocycles. The van der Waals surface area contributed by atoms with Crippen LogP contribution in [0.25, 0.3) is 0 Å². The molecule has 0 aliphatic rings. The highest BCUT2D eigenvalue weighted by Crippen LogP contribution is 2.29. The second-order valence-electron chi connectivity index (χ2n) is 6.41. The number of benzene rings is 2. The molecule has 0 fully saturated rings. The molecule has 0 aliphatic carbocycles. The molecular formula is C21H22F2N2O6. The molecule has 2 rings (SSSR count). The third kappa shape index (κ3) is 7.36. The number of nitrogens with one attached hydrogen (secondary N) is 2. The molecule has 31 heavy (non-hydrogen) atoms. The predicted octanol–water partition coefficient (Wildman–Crippen LogP) is 3.32. The van der Waals surface area contributed by atoms with E-state index in [2.05, 4.69) is 5.32 Å². The van der Waals surface area contributed by atoms with Crippen molar-refractivity contribution in [1.29, 1.82) is 0 Å². The maximum Gasteiger partial charge on any atom is 0.412 e. The van der Waals surface area contributed by atoms with Gasteiger partial charge in [-0.25, -0.2) is 19.1 Å². The van der Waals surface area contributed by atoms with Gasteiger partial charge in [-0.15, -0.1) is 0 Å². The minimum atomic E-state index is -0.997. The Hall–Kier alpha value is -3.50. The number of anilines is 1. The molecule has 166 valence electrons.